The molecule has 2 aliphatic rings. The lowest BCUT2D eigenvalue weighted by atomic mass is 9.98. The van der Waals surface area contributed by atoms with Gasteiger partial charge >= 0.3 is 0 Å². The van der Waals surface area contributed by atoms with Crippen molar-refractivity contribution in [3.05, 3.63) is 23.9 Å². The SMILES string of the molecule is CSCCC(=O)N1C[C@@H](Nc2ccc(C#N)cn2)[C@H](C2CC2)C1. The van der Waals surface area contributed by atoms with E-state index >= 15 is 0 Å². The van der Waals surface area contributed by atoms with E-state index in [9.17, 15) is 4.79 Å². The Morgan fingerprint density at radius 2 is 2.30 bits per heavy atom. The lowest BCUT2D eigenvalue weighted by Gasteiger charge is -2.19. The summed E-state index contributed by atoms with van der Waals surface area (Å²) in [6.45, 7) is 1.63. The molecule has 5 nitrogen and oxygen atoms in total. The molecule has 0 radical (unpaired) electrons. The quantitative estimate of drug-likeness (QED) is 0.867. The Morgan fingerprint density at radius 1 is 1.48 bits per heavy atom. The van der Waals surface area contributed by atoms with Crippen molar-refractivity contribution in [3.63, 3.8) is 0 Å². The number of hydrogen-bond acceptors (Lipinski definition) is 5. The number of nitriles is 1. The van der Waals surface area contributed by atoms with Gasteiger partial charge in [0.05, 0.1) is 5.56 Å². The molecule has 2 heterocycles. The van der Waals surface area contributed by atoms with E-state index in [4.69, 9.17) is 5.26 Å². The van der Waals surface area contributed by atoms with Gasteiger partial charge in [-0.25, -0.2) is 4.98 Å². The van der Waals surface area contributed by atoms with Crippen LogP contribution in [0.4, 0.5) is 5.82 Å². The first-order chi connectivity index (χ1) is 11.2. The van der Waals surface area contributed by atoms with Gasteiger partial charge in [-0.3, -0.25) is 4.79 Å². The Kier molecular flexibility index (Phi) is 5.06. The Morgan fingerprint density at radius 3 is 2.91 bits per heavy atom. The van der Waals surface area contributed by atoms with Crippen LogP contribution in [0.5, 0.6) is 0 Å². The molecule has 23 heavy (non-hydrogen) atoms. The van der Waals surface area contributed by atoms with E-state index in [1.54, 1.807) is 24.0 Å². The molecule has 0 aromatic carbocycles. The Bertz CT molecular complexity index is 594. The Labute approximate surface area is 141 Å². The third kappa shape index (κ3) is 3.97. The first kappa shape index (κ1) is 16.1. The summed E-state index contributed by atoms with van der Waals surface area (Å²) < 4.78 is 0. The number of carbonyl (C=O) groups is 1. The zero-order valence-electron chi connectivity index (χ0n) is 13.4. The van der Waals surface area contributed by atoms with E-state index in [1.807, 2.05) is 17.2 Å². The van der Waals surface area contributed by atoms with Gasteiger partial charge in [0, 0.05) is 43.4 Å². The maximum atomic E-state index is 12.3. The number of anilines is 1. The number of rotatable bonds is 6. The predicted molar refractivity (Wildman–Crippen MR) is 92.2 cm³/mol. The predicted octanol–water partition coefficient (Wildman–Crippen LogP) is 2.36. The molecule has 1 aromatic rings. The van der Waals surface area contributed by atoms with E-state index < -0.39 is 0 Å². The van der Waals surface area contributed by atoms with Gasteiger partial charge in [-0.2, -0.15) is 17.0 Å². The molecule has 2 fully saturated rings. The van der Waals surface area contributed by atoms with Gasteiger partial charge in [0.1, 0.15) is 11.9 Å². The zero-order chi connectivity index (χ0) is 16.2. The van der Waals surface area contributed by atoms with Crippen LogP contribution in [0, 0.1) is 23.2 Å². The second-order valence-electron chi connectivity index (χ2n) is 6.34. The number of thioether (sulfide) groups is 1. The van der Waals surface area contributed by atoms with Crippen LogP contribution in [0.2, 0.25) is 0 Å². The monoisotopic (exact) mass is 330 g/mol. The molecule has 1 aliphatic carbocycles. The minimum Gasteiger partial charge on any atom is -0.365 e. The average Bonchev–Trinajstić information content (AvgIpc) is 3.34. The van der Waals surface area contributed by atoms with Gasteiger partial charge in [-0.1, -0.05) is 0 Å². The molecule has 1 amide bonds. The highest BCUT2D eigenvalue weighted by Crippen LogP contribution is 2.42. The molecule has 1 saturated heterocycles. The number of aromatic nitrogens is 1. The fourth-order valence-corrected chi connectivity index (χ4v) is 3.65. The van der Waals surface area contributed by atoms with Crippen molar-refractivity contribution < 1.29 is 4.79 Å². The molecule has 1 aliphatic heterocycles. The first-order valence-electron chi connectivity index (χ1n) is 8.10. The zero-order valence-corrected chi connectivity index (χ0v) is 14.2. The molecular weight excluding hydrogens is 308 g/mol. The summed E-state index contributed by atoms with van der Waals surface area (Å²) in [5, 5.41) is 12.3. The maximum absolute atomic E-state index is 12.3. The molecule has 6 heteroatoms. The van der Waals surface area contributed by atoms with Crippen LogP contribution in [0.25, 0.3) is 0 Å². The van der Waals surface area contributed by atoms with Crippen molar-refractivity contribution in [3.8, 4) is 6.07 Å². The molecule has 1 saturated carbocycles. The van der Waals surface area contributed by atoms with Crippen molar-refractivity contribution in [2.75, 3.05) is 30.4 Å². The lowest BCUT2D eigenvalue weighted by molar-refractivity contribution is -0.129. The maximum Gasteiger partial charge on any atom is 0.223 e. The molecule has 0 unspecified atom stereocenters. The van der Waals surface area contributed by atoms with Gasteiger partial charge in [0.15, 0.2) is 0 Å². The van der Waals surface area contributed by atoms with E-state index in [-0.39, 0.29) is 11.9 Å². The molecular formula is C17H22N4OS. The summed E-state index contributed by atoms with van der Waals surface area (Å²) in [6, 6.07) is 5.97. The molecule has 0 spiro atoms. The molecule has 3 rings (SSSR count). The van der Waals surface area contributed by atoms with Crippen molar-refractivity contribution in [1.82, 2.24) is 9.88 Å². The van der Waals surface area contributed by atoms with Crippen molar-refractivity contribution in [2.45, 2.75) is 25.3 Å². The molecule has 0 bridgehead atoms. The van der Waals surface area contributed by atoms with Crippen LogP contribution in [-0.2, 0) is 4.79 Å². The van der Waals surface area contributed by atoms with E-state index in [2.05, 4.69) is 16.4 Å². The Hall–Kier alpha value is -1.74. The molecule has 2 atom stereocenters. The van der Waals surface area contributed by atoms with Gasteiger partial charge in [-0.15, -0.1) is 0 Å². The highest BCUT2D eigenvalue weighted by Gasteiger charge is 2.43. The summed E-state index contributed by atoms with van der Waals surface area (Å²) in [5.41, 5.74) is 0.564. The van der Waals surface area contributed by atoms with Crippen molar-refractivity contribution in [1.29, 1.82) is 5.26 Å². The summed E-state index contributed by atoms with van der Waals surface area (Å²) >= 11 is 1.72. The van der Waals surface area contributed by atoms with Gasteiger partial charge in [0.25, 0.3) is 0 Å². The topological polar surface area (TPSA) is 69.0 Å². The average molecular weight is 330 g/mol. The van der Waals surface area contributed by atoms with E-state index in [0.717, 1.165) is 30.6 Å². The highest BCUT2D eigenvalue weighted by atomic mass is 32.2. The standard InChI is InChI=1S/C17H22N4OS/c1-23-7-6-17(22)21-10-14(13-3-4-13)15(11-21)20-16-5-2-12(8-18)9-19-16/h2,5,9,13-15H,3-4,6-7,10-11H2,1H3,(H,19,20)/t14-,15+/m0/s1. The number of carbonyl (C=O) groups excluding carboxylic acids is 1. The lowest BCUT2D eigenvalue weighted by Crippen LogP contribution is -2.32. The number of nitrogens with zero attached hydrogens (tertiary/aromatic N) is 3. The molecule has 122 valence electrons. The third-order valence-electron chi connectivity index (χ3n) is 4.69. The third-order valence-corrected chi connectivity index (χ3v) is 5.30. The number of hydrogen-bond donors (Lipinski definition) is 1. The second-order valence-corrected chi connectivity index (χ2v) is 7.32. The van der Waals surface area contributed by atoms with Crippen LogP contribution in [0.1, 0.15) is 24.8 Å². The number of amides is 1. The van der Waals surface area contributed by atoms with Crippen LogP contribution >= 0.6 is 11.8 Å². The normalized spacial score (nSPS) is 23.6. The van der Waals surface area contributed by atoms with Gasteiger partial charge in [-0.05, 0) is 37.1 Å². The number of nitrogens with one attached hydrogen (secondary N) is 1. The highest BCUT2D eigenvalue weighted by molar-refractivity contribution is 7.98. The van der Waals surface area contributed by atoms with Gasteiger partial charge < -0.3 is 10.2 Å². The van der Waals surface area contributed by atoms with E-state index in [1.165, 1.54) is 12.8 Å². The number of likely N-dealkylation sites (tertiary alicyclic amines) is 1. The van der Waals surface area contributed by atoms with Crippen molar-refractivity contribution in [2.24, 2.45) is 11.8 Å². The fraction of sp³-hybridized carbons (Fsp3) is 0.588. The van der Waals surface area contributed by atoms with Crippen LogP contribution < -0.4 is 5.32 Å². The van der Waals surface area contributed by atoms with E-state index in [0.29, 0.717) is 17.9 Å². The largest absolute Gasteiger partial charge is 0.365 e. The van der Waals surface area contributed by atoms with Crippen LogP contribution in [-0.4, -0.2) is 46.9 Å². The van der Waals surface area contributed by atoms with Gasteiger partial charge in [0.2, 0.25) is 5.91 Å². The minimum absolute atomic E-state index is 0.265. The summed E-state index contributed by atoms with van der Waals surface area (Å²) in [7, 11) is 0. The Balaban J connectivity index is 1.64. The smallest absolute Gasteiger partial charge is 0.223 e. The van der Waals surface area contributed by atoms with Crippen LogP contribution in [0.15, 0.2) is 18.3 Å². The minimum atomic E-state index is 0.265. The van der Waals surface area contributed by atoms with Crippen molar-refractivity contribution >= 4 is 23.5 Å². The first-order valence-corrected chi connectivity index (χ1v) is 9.50. The summed E-state index contributed by atoms with van der Waals surface area (Å²) in [6.07, 6.45) is 6.80. The summed E-state index contributed by atoms with van der Waals surface area (Å²) in [5.74, 6) is 3.20. The molecule has 1 N–H and O–H groups in total. The second kappa shape index (κ2) is 7.22. The van der Waals surface area contributed by atoms with Crippen LogP contribution in [0.3, 0.4) is 0 Å². The fourth-order valence-electron chi connectivity index (χ4n) is 3.27. The summed E-state index contributed by atoms with van der Waals surface area (Å²) in [4.78, 5) is 18.6. The molecule has 1 aromatic heterocycles. The number of pyridine rings is 1.